The molecule has 1 amide bonds. The summed E-state index contributed by atoms with van der Waals surface area (Å²) in [6.45, 7) is 1.99. The average molecular weight is 404 g/mol. The lowest BCUT2D eigenvalue weighted by molar-refractivity contribution is 0.102. The third-order valence-electron chi connectivity index (χ3n) is 2.61. The lowest BCUT2D eigenvalue weighted by Crippen LogP contribution is -2.11. The topological polar surface area (TPSA) is 29.1 Å². The fourth-order valence-corrected chi connectivity index (χ4v) is 2.32. The Morgan fingerprint density at radius 2 is 1.84 bits per heavy atom. The third-order valence-corrected chi connectivity index (χ3v) is 4.70. The van der Waals surface area contributed by atoms with E-state index in [9.17, 15) is 4.79 Å². The van der Waals surface area contributed by atoms with Crippen molar-refractivity contribution in [1.82, 2.24) is 0 Å². The quantitative estimate of drug-likeness (QED) is 0.712. The van der Waals surface area contributed by atoms with Gasteiger partial charge in [-0.3, -0.25) is 4.79 Å². The first-order chi connectivity index (χ1) is 8.97. The largest absolute Gasteiger partial charge is 0.322 e. The number of anilines is 1. The van der Waals surface area contributed by atoms with Crippen molar-refractivity contribution in [3.63, 3.8) is 0 Å². The predicted molar refractivity (Wildman–Crippen MR) is 86.0 cm³/mol. The molecular formula is C14H10Br2ClNO. The molecule has 19 heavy (non-hydrogen) atoms. The lowest BCUT2D eigenvalue weighted by Gasteiger charge is -2.07. The molecule has 1 N–H and O–H groups in total. The molecule has 0 bridgehead atoms. The maximum absolute atomic E-state index is 12.1. The maximum Gasteiger partial charge on any atom is 0.255 e. The van der Waals surface area contributed by atoms with Crippen molar-refractivity contribution in [1.29, 1.82) is 0 Å². The molecule has 0 radical (unpaired) electrons. The summed E-state index contributed by atoms with van der Waals surface area (Å²) in [6, 6.07) is 10.8. The second-order valence-corrected chi connectivity index (χ2v) is 6.16. The number of aryl methyl sites for hydroxylation is 1. The Kier molecular flexibility index (Phi) is 4.66. The van der Waals surface area contributed by atoms with E-state index in [1.807, 2.05) is 25.1 Å². The molecule has 0 unspecified atom stereocenters. The van der Waals surface area contributed by atoms with Crippen LogP contribution < -0.4 is 5.32 Å². The van der Waals surface area contributed by atoms with Crippen LogP contribution >= 0.6 is 43.5 Å². The van der Waals surface area contributed by atoms with E-state index in [4.69, 9.17) is 11.6 Å². The Hall–Kier alpha value is -0.840. The van der Waals surface area contributed by atoms with Crippen LogP contribution in [0.1, 0.15) is 15.9 Å². The predicted octanol–water partition coefficient (Wildman–Crippen LogP) is 5.43. The lowest BCUT2D eigenvalue weighted by atomic mass is 10.2. The molecule has 2 aromatic rings. The molecule has 2 aromatic carbocycles. The maximum atomic E-state index is 12.1. The van der Waals surface area contributed by atoms with Crippen molar-refractivity contribution in [2.45, 2.75) is 6.92 Å². The van der Waals surface area contributed by atoms with Gasteiger partial charge in [0.15, 0.2) is 0 Å². The van der Waals surface area contributed by atoms with Gasteiger partial charge in [0.1, 0.15) is 0 Å². The summed E-state index contributed by atoms with van der Waals surface area (Å²) in [4.78, 5) is 12.1. The number of carbonyl (C=O) groups is 1. The first-order valence-corrected chi connectivity index (χ1v) is 7.46. The van der Waals surface area contributed by atoms with Gasteiger partial charge in [0.05, 0.1) is 5.02 Å². The second-order valence-electron chi connectivity index (χ2n) is 4.05. The monoisotopic (exact) mass is 401 g/mol. The summed E-state index contributed by atoms with van der Waals surface area (Å²) in [7, 11) is 0. The van der Waals surface area contributed by atoms with Crippen molar-refractivity contribution >= 4 is 55.1 Å². The van der Waals surface area contributed by atoms with Gasteiger partial charge in [0.25, 0.3) is 5.91 Å². The highest BCUT2D eigenvalue weighted by molar-refractivity contribution is 9.10. The van der Waals surface area contributed by atoms with E-state index >= 15 is 0 Å². The van der Waals surface area contributed by atoms with Crippen LogP contribution in [-0.2, 0) is 0 Å². The van der Waals surface area contributed by atoms with Crippen molar-refractivity contribution < 1.29 is 4.79 Å². The minimum Gasteiger partial charge on any atom is -0.322 e. The fraction of sp³-hybridized carbons (Fsp3) is 0.0714. The van der Waals surface area contributed by atoms with Crippen LogP contribution in [0.5, 0.6) is 0 Å². The van der Waals surface area contributed by atoms with Gasteiger partial charge in [-0.15, -0.1) is 0 Å². The zero-order valence-electron chi connectivity index (χ0n) is 10.0. The molecule has 0 saturated carbocycles. The van der Waals surface area contributed by atoms with Crippen molar-refractivity contribution in [3.8, 4) is 0 Å². The van der Waals surface area contributed by atoms with Crippen molar-refractivity contribution in [2.24, 2.45) is 0 Å². The third kappa shape index (κ3) is 3.59. The summed E-state index contributed by atoms with van der Waals surface area (Å²) >= 11 is 12.7. The molecule has 98 valence electrons. The summed E-state index contributed by atoms with van der Waals surface area (Å²) in [6.07, 6.45) is 0. The number of amides is 1. The van der Waals surface area contributed by atoms with Gasteiger partial charge in [0, 0.05) is 20.2 Å². The smallest absolute Gasteiger partial charge is 0.255 e. The Morgan fingerprint density at radius 3 is 2.47 bits per heavy atom. The van der Waals surface area contributed by atoms with Crippen molar-refractivity contribution in [3.05, 3.63) is 61.5 Å². The summed E-state index contributed by atoms with van der Waals surface area (Å²) in [5, 5.41) is 3.34. The molecule has 0 aliphatic heterocycles. The Labute approximate surface area is 133 Å². The van der Waals surface area contributed by atoms with Crippen LogP contribution in [0.2, 0.25) is 5.02 Å². The Bertz CT molecular complexity index is 643. The van der Waals surface area contributed by atoms with Gasteiger partial charge in [-0.25, -0.2) is 0 Å². The number of nitrogens with one attached hydrogen (secondary N) is 1. The molecule has 0 heterocycles. The Morgan fingerprint density at radius 1 is 1.11 bits per heavy atom. The SMILES string of the molecule is Cc1ccc(NC(=O)c2ccc(Br)c(Cl)c2)cc1Br. The molecule has 0 aliphatic rings. The van der Waals surface area contributed by atoms with Crippen LogP contribution in [0.4, 0.5) is 5.69 Å². The normalized spacial score (nSPS) is 10.3. The standard InChI is InChI=1S/C14H10Br2ClNO/c1-8-2-4-10(7-12(8)16)18-14(19)9-3-5-11(15)13(17)6-9/h2-7H,1H3,(H,18,19). The number of carbonyl (C=O) groups excluding carboxylic acids is 1. The molecule has 2 nitrogen and oxygen atoms in total. The van der Waals surface area contributed by atoms with E-state index < -0.39 is 0 Å². The van der Waals surface area contributed by atoms with Gasteiger partial charge in [0.2, 0.25) is 0 Å². The molecular weight excluding hydrogens is 393 g/mol. The Balaban J connectivity index is 2.20. The highest BCUT2D eigenvalue weighted by atomic mass is 79.9. The average Bonchev–Trinajstić information content (AvgIpc) is 2.37. The number of hydrogen-bond donors (Lipinski definition) is 1. The molecule has 0 aliphatic carbocycles. The zero-order valence-corrected chi connectivity index (χ0v) is 13.9. The minimum atomic E-state index is -0.190. The van der Waals surface area contributed by atoms with E-state index in [2.05, 4.69) is 37.2 Å². The first-order valence-electron chi connectivity index (χ1n) is 5.50. The zero-order chi connectivity index (χ0) is 14.0. The summed E-state index contributed by atoms with van der Waals surface area (Å²) in [5.41, 5.74) is 2.37. The molecule has 0 atom stereocenters. The number of rotatable bonds is 2. The van der Waals surface area contributed by atoms with Crippen LogP contribution in [-0.4, -0.2) is 5.91 Å². The van der Waals surface area contributed by atoms with E-state index in [0.717, 1.165) is 20.2 Å². The van der Waals surface area contributed by atoms with Crippen molar-refractivity contribution in [2.75, 3.05) is 5.32 Å². The van der Waals surface area contributed by atoms with Gasteiger partial charge in [-0.1, -0.05) is 33.6 Å². The van der Waals surface area contributed by atoms with Gasteiger partial charge in [-0.2, -0.15) is 0 Å². The molecule has 0 aromatic heterocycles. The molecule has 2 rings (SSSR count). The van der Waals surface area contributed by atoms with Gasteiger partial charge in [-0.05, 0) is 58.7 Å². The van der Waals surface area contributed by atoms with Gasteiger partial charge >= 0.3 is 0 Å². The van der Waals surface area contributed by atoms with E-state index in [0.29, 0.717) is 10.6 Å². The van der Waals surface area contributed by atoms with Crippen LogP contribution in [0.3, 0.4) is 0 Å². The van der Waals surface area contributed by atoms with Crippen LogP contribution in [0.15, 0.2) is 45.3 Å². The molecule has 0 spiro atoms. The van der Waals surface area contributed by atoms with E-state index in [1.165, 1.54) is 0 Å². The van der Waals surface area contributed by atoms with Gasteiger partial charge < -0.3 is 5.32 Å². The number of benzene rings is 2. The minimum absolute atomic E-state index is 0.190. The molecule has 5 heteroatoms. The highest BCUT2D eigenvalue weighted by Gasteiger charge is 2.08. The summed E-state index contributed by atoms with van der Waals surface area (Å²) in [5.74, 6) is -0.190. The molecule has 0 fully saturated rings. The van der Waals surface area contributed by atoms with Crippen LogP contribution in [0.25, 0.3) is 0 Å². The fourth-order valence-electron chi connectivity index (χ4n) is 1.51. The van der Waals surface area contributed by atoms with E-state index in [1.54, 1.807) is 18.2 Å². The molecule has 0 saturated heterocycles. The first kappa shape index (κ1) is 14.6. The number of halogens is 3. The van der Waals surface area contributed by atoms with E-state index in [-0.39, 0.29) is 5.91 Å². The summed E-state index contributed by atoms with van der Waals surface area (Å²) < 4.78 is 1.72. The highest BCUT2D eigenvalue weighted by Crippen LogP contribution is 2.24. The second kappa shape index (κ2) is 6.07. The number of hydrogen-bond acceptors (Lipinski definition) is 1. The van der Waals surface area contributed by atoms with Crippen LogP contribution in [0, 0.1) is 6.92 Å².